The first-order valence-electron chi connectivity index (χ1n) is 7.40. The van der Waals surface area contributed by atoms with E-state index in [1.807, 2.05) is 0 Å². The molecule has 0 radical (unpaired) electrons. The molecule has 0 spiro atoms. The highest BCUT2D eigenvalue weighted by atomic mass is 35.5. The normalized spacial score (nSPS) is 10.4. The van der Waals surface area contributed by atoms with E-state index in [4.69, 9.17) is 32.7 Å². The summed E-state index contributed by atoms with van der Waals surface area (Å²) in [4.78, 5) is 16.9. The van der Waals surface area contributed by atoms with E-state index < -0.39 is 5.97 Å². The zero-order valence-electron chi connectivity index (χ0n) is 14.0. The molecule has 0 saturated heterocycles. The largest absolute Gasteiger partial charge is 0.465 e. The van der Waals surface area contributed by atoms with Crippen molar-refractivity contribution < 1.29 is 14.3 Å². The number of aromatic nitrogens is 1. The Bertz CT molecular complexity index is 860. The molecule has 2 aromatic rings. The molecule has 0 aliphatic heterocycles. The van der Waals surface area contributed by atoms with Gasteiger partial charge in [-0.3, -0.25) is 4.98 Å². The lowest BCUT2D eigenvalue weighted by Gasteiger charge is -2.17. The number of methoxy groups -OCH3 is 2. The summed E-state index contributed by atoms with van der Waals surface area (Å²) in [5.74, 6) is -0.587. The summed E-state index contributed by atoms with van der Waals surface area (Å²) in [7, 11) is 2.84. The number of carbonyl (C=O) groups is 1. The highest BCUT2D eigenvalue weighted by Crippen LogP contribution is 2.37. The standard InChI is InChI=1S/C18H16Cl2N2O3/c1-10-13(9-21)16(12-5-4-11(19)8-14(12)20)17(18(23)25-3)15(22-10)6-7-24-2/h4-5,8H,6-7H2,1-3H3. The van der Waals surface area contributed by atoms with E-state index in [-0.39, 0.29) is 11.1 Å². The van der Waals surface area contributed by atoms with Crippen molar-refractivity contribution in [1.29, 1.82) is 5.26 Å². The van der Waals surface area contributed by atoms with Gasteiger partial charge in [0.2, 0.25) is 0 Å². The van der Waals surface area contributed by atoms with Crippen LogP contribution in [0.15, 0.2) is 18.2 Å². The molecule has 0 unspecified atom stereocenters. The van der Waals surface area contributed by atoms with Gasteiger partial charge in [-0.05, 0) is 19.1 Å². The van der Waals surface area contributed by atoms with Crippen LogP contribution in [0.1, 0.15) is 27.3 Å². The first kappa shape index (κ1) is 19.2. The van der Waals surface area contributed by atoms with E-state index in [2.05, 4.69) is 11.1 Å². The number of pyridine rings is 1. The Morgan fingerprint density at radius 3 is 2.60 bits per heavy atom. The molecule has 0 atom stereocenters. The summed E-state index contributed by atoms with van der Waals surface area (Å²) in [6.07, 6.45) is 0.395. The van der Waals surface area contributed by atoms with E-state index in [0.29, 0.717) is 45.6 Å². The third-order valence-corrected chi connectivity index (χ3v) is 4.25. The number of esters is 1. The zero-order chi connectivity index (χ0) is 18.6. The molecule has 0 N–H and O–H groups in total. The molecule has 0 bridgehead atoms. The van der Waals surface area contributed by atoms with Gasteiger partial charge in [-0.1, -0.05) is 29.3 Å². The maximum atomic E-state index is 12.5. The average molecular weight is 379 g/mol. The number of benzene rings is 1. The quantitative estimate of drug-likeness (QED) is 0.728. The topological polar surface area (TPSA) is 72.2 Å². The minimum absolute atomic E-state index is 0.214. The van der Waals surface area contributed by atoms with Crippen LogP contribution in [0.25, 0.3) is 11.1 Å². The maximum absolute atomic E-state index is 12.5. The van der Waals surface area contributed by atoms with Gasteiger partial charge in [0, 0.05) is 34.7 Å². The molecular formula is C18H16Cl2N2O3. The minimum Gasteiger partial charge on any atom is -0.465 e. The van der Waals surface area contributed by atoms with Gasteiger partial charge in [-0.25, -0.2) is 4.79 Å². The van der Waals surface area contributed by atoms with E-state index in [1.165, 1.54) is 7.11 Å². The zero-order valence-corrected chi connectivity index (χ0v) is 15.5. The molecule has 5 nitrogen and oxygen atoms in total. The lowest BCUT2D eigenvalue weighted by Crippen LogP contribution is -2.14. The number of nitrogens with zero attached hydrogens (tertiary/aromatic N) is 2. The van der Waals surface area contributed by atoms with Gasteiger partial charge in [0.05, 0.1) is 36.2 Å². The fourth-order valence-electron chi connectivity index (χ4n) is 2.56. The van der Waals surface area contributed by atoms with Crippen molar-refractivity contribution in [3.8, 4) is 17.2 Å². The molecule has 7 heteroatoms. The summed E-state index contributed by atoms with van der Waals surface area (Å²) in [6.45, 7) is 2.08. The van der Waals surface area contributed by atoms with Crippen molar-refractivity contribution in [2.24, 2.45) is 0 Å². The first-order chi connectivity index (χ1) is 11.9. The van der Waals surface area contributed by atoms with E-state index in [9.17, 15) is 10.1 Å². The molecule has 0 aliphatic carbocycles. The predicted molar refractivity (Wildman–Crippen MR) is 96.1 cm³/mol. The van der Waals surface area contributed by atoms with Crippen LogP contribution in [0.5, 0.6) is 0 Å². The monoisotopic (exact) mass is 378 g/mol. The molecule has 0 aliphatic rings. The minimum atomic E-state index is -0.587. The van der Waals surface area contributed by atoms with Crippen LogP contribution in [0.2, 0.25) is 10.0 Å². The van der Waals surface area contributed by atoms with Gasteiger partial charge in [0.15, 0.2) is 0 Å². The Morgan fingerprint density at radius 2 is 2.04 bits per heavy atom. The van der Waals surface area contributed by atoms with E-state index in [0.717, 1.165) is 0 Å². The average Bonchev–Trinajstić information content (AvgIpc) is 2.58. The lowest BCUT2D eigenvalue weighted by atomic mass is 9.92. The van der Waals surface area contributed by atoms with Gasteiger partial charge >= 0.3 is 5.97 Å². The van der Waals surface area contributed by atoms with Crippen molar-refractivity contribution in [2.45, 2.75) is 13.3 Å². The van der Waals surface area contributed by atoms with Crippen LogP contribution in [-0.2, 0) is 15.9 Å². The Morgan fingerprint density at radius 1 is 1.32 bits per heavy atom. The second-order valence-electron chi connectivity index (χ2n) is 5.24. The lowest BCUT2D eigenvalue weighted by molar-refractivity contribution is 0.0599. The van der Waals surface area contributed by atoms with Crippen molar-refractivity contribution in [1.82, 2.24) is 4.98 Å². The Hall–Kier alpha value is -2.13. The number of aryl methyl sites for hydroxylation is 1. The molecule has 0 saturated carbocycles. The SMILES string of the molecule is COCCc1nc(C)c(C#N)c(-c2ccc(Cl)cc2Cl)c1C(=O)OC. The third kappa shape index (κ3) is 3.93. The number of rotatable bonds is 5. The molecule has 130 valence electrons. The third-order valence-electron chi connectivity index (χ3n) is 3.70. The van der Waals surface area contributed by atoms with Gasteiger partial charge in [-0.15, -0.1) is 0 Å². The number of nitriles is 1. The number of carbonyl (C=O) groups excluding carboxylic acids is 1. The fourth-order valence-corrected chi connectivity index (χ4v) is 3.07. The highest BCUT2D eigenvalue weighted by Gasteiger charge is 2.26. The molecule has 25 heavy (non-hydrogen) atoms. The van der Waals surface area contributed by atoms with Gasteiger partial charge in [0.1, 0.15) is 6.07 Å². The molecular weight excluding hydrogens is 363 g/mol. The first-order valence-corrected chi connectivity index (χ1v) is 8.16. The number of hydrogen-bond donors (Lipinski definition) is 0. The van der Waals surface area contributed by atoms with Crippen LogP contribution in [0.4, 0.5) is 0 Å². The summed E-state index contributed by atoms with van der Waals surface area (Å²) in [5, 5.41) is 10.4. The Labute approximate surface area is 156 Å². The van der Waals surface area contributed by atoms with E-state index >= 15 is 0 Å². The summed E-state index contributed by atoms with van der Waals surface area (Å²) < 4.78 is 10.0. The van der Waals surface area contributed by atoms with E-state index in [1.54, 1.807) is 32.2 Å². The van der Waals surface area contributed by atoms with Crippen molar-refractivity contribution in [3.63, 3.8) is 0 Å². The predicted octanol–water partition coefficient (Wildman–Crippen LogP) is 4.21. The molecule has 0 fully saturated rings. The summed E-state index contributed by atoms with van der Waals surface area (Å²) in [6, 6.07) is 7.00. The van der Waals surface area contributed by atoms with Gasteiger partial charge in [-0.2, -0.15) is 5.26 Å². The van der Waals surface area contributed by atoms with Gasteiger partial charge < -0.3 is 9.47 Å². The summed E-state index contributed by atoms with van der Waals surface area (Å²) in [5.41, 5.74) is 2.40. The van der Waals surface area contributed by atoms with Crippen molar-refractivity contribution in [2.75, 3.05) is 20.8 Å². The number of ether oxygens (including phenoxy) is 2. The number of hydrogen-bond acceptors (Lipinski definition) is 5. The van der Waals surface area contributed by atoms with Gasteiger partial charge in [0.25, 0.3) is 0 Å². The summed E-state index contributed by atoms with van der Waals surface area (Å²) >= 11 is 12.3. The molecule has 1 aromatic heterocycles. The van der Waals surface area contributed by atoms with Crippen molar-refractivity contribution in [3.05, 3.63) is 50.8 Å². The van der Waals surface area contributed by atoms with Crippen LogP contribution in [0, 0.1) is 18.3 Å². The second kappa shape index (κ2) is 8.30. The van der Waals surface area contributed by atoms with Crippen LogP contribution < -0.4 is 0 Å². The van der Waals surface area contributed by atoms with Crippen molar-refractivity contribution >= 4 is 29.2 Å². The highest BCUT2D eigenvalue weighted by molar-refractivity contribution is 6.36. The second-order valence-corrected chi connectivity index (χ2v) is 6.08. The van der Waals surface area contributed by atoms with Crippen LogP contribution in [-0.4, -0.2) is 31.8 Å². The maximum Gasteiger partial charge on any atom is 0.340 e. The molecule has 0 amide bonds. The smallest absolute Gasteiger partial charge is 0.340 e. The Kier molecular flexibility index (Phi) is 6.38. The van der Waals surface area contributed by atoms with Crippen LogP contribution in [0.3, 0.4) is 0 Å². The molecule has 1 heterocycles. The fraction of sp³-hybridized carbons (Fsp3) is 0.278. The molecule has 2 rings (SSSR count). The molecule has 1 aromatic carbocycles. The number of halogens is 2. The van der Waals surface area contributed by atoms with Crippen LogP contribution >= 0.6 is 23.2 Å². The Balaban J connectivity index is 2.88.